The van der Waals surface area contributed by atoms with E-state index in [0.717, 1.165) is 44.9 Å². The van der Waals surface area contributed by atoms with Gasteiger partial charge in [-0.1, -0.05) is 38.8 Å². The Balaban J connectivity index is 2.40. The first-order valence-corrected chi connectivity index (χ1v) is 8.11. The Kier molecular flexibility index (Phi) is 8.48. The fourth-order valence-electron chi connectivity index (χ4n) is 2.48. The zero-order chi connectivity index (χ0) is 15.5. The number of carbonyl (C=O) groups excluding carboxylic acids is 2. The van der Waals surface area contributed by atoms with Gasteiger partial charge in [0.25, 0.3) is 0 Å². The molecule has 2 N–H and O–H groups in total. The van der Waals surface area contributed by atoms with E-state index < -0.39 is 0 Å². The zero-order valence-electron chi connectivity index (χ0n) is 13.2. The van der Waals surface area contributed by atoms with Crippen LogP contribution in [-0.4, -0.2) is 23.9 Å². The van der Waals surface area contributed by atoms with Gasteiger partial charge < -0.3 is 10.6 Å². The van der Waals surface area contributed by atoms with Gasteiger partial charge in [0.2, 0.25) is 11.8 Å². The number of unbranched alkanes of at least 4 members (excludes halogenated alkanes) is 2. The molecule has 4 heteroatoms. The second kappa shape index (κ2) is 10.2. The molecule has 0 unspecified atom stereocenters. The van der Waals surface area contributed by atoms with Crippen LogP contribution in [0.4, 0.5) is 0 Å². The second-order valence-electron chi connectivity index (χ2n) is 5.54. The van der Waals surface area contributed by atoms with Gasteiger partial charge in [-0.2, -0.15) is 0 Å². The monoisotopic (exact) mass is 292 g/mol. The summed E-state index contributed by atoms with van der Waals surface area (Å²) in [6.45, 7) is 4.16. The van der Waals surface area contributed by atoms with Gasteiger partial charge in [-0.25, -0.2) is 0 Å². The van der Waals surface area contributed by atoms with Crippen molar-refractivity contribution in [2.75, 3.05) is 0 Å². The quantitative estimate of drug-likeness (QED) is 0.676. The average Bonchev–Trinajstić information content (AvgIpc) is 2.86. The summed E-state index contributed by atoms with van der Waals surface area (Å²) < 4.78 is 0. The van der Waals surface area contributed by atoms with Crippen LogP contribution in [0.3, 0.4) is 0 Å². The van der Waals surface area contributed by atoms with Crippen molar-refractivity contribution in [3.8, 4) is 0 Å². The summed E-state index contributed by atoms with van der Waals surface area (Å²) >= 11 is 0. The van der Waals surface area contributed by atoms with Gasteiger partial charge in [-0.15, -0.1) is 0 Å². The van der Waals surface area contributed by atoms with Gasteiger partial charge in [0, 0.05) is 12.1 Å². The molecule has 0 aromatic heterocycles. The molecule has 0 aliphatic heterocycles. The third kappa shape index (κ3) is 7.11. The van der Waals surface area contributed by atoms with Gasteiger partial charge >= 0.3 is 0 Å². The van der Waals surface area contributed by atoms with E-state index in [1.54, 1.807) is 12.2 Å². The molecule has 21 heavy (non-hydrogen) atoms. The highest BCUT2D eigenvalue weighted by Gasteiger charge is 2.28. The molecule has 0 aromatic carbocycles. The minimum Gasteiger partial charge on any atom is -0.348 e. The molecule has 1 aliphatic carbocycles. The van der Waals surface area contributed by atoms with Crippen molar-refractivity contribution in [1.29, 1.82) is 0 Å². The number of hydrogen-bond donors (Lipinski definition) is 2. The van der Waals surface area contributed by atoms with E-state index in [-0.39, 0.29) is 23.9 Å². The summed E-state index contributed by atoms with van der Waals surface area (Å²) in [5, 5.41) is 5.99. The standard InChI is InChI=1S/C17H28N2O2/c1-3-5-7-12-16(20)18-14-10-9-11-15(14)19-17(21)13-8-6-4-2/h7-8,12-15H,3-6,9-11H2,1-2H3,(H,18,20)(H,19,21)/t14-,15+. The molecule has 0 spiro atoms. The lowest BCUT2D eigenvalue weighted by molar-refractivity contribution is -0.119. The Morgan fingerprint density at radius 2 is 1.33 bits per heavy atom. The van der Waals surface area contributed by atoms with E-state index in [9.17, 15) is 9.59 Å². The van der Waals surface area contributed by atoms with E-state index in [4.69, 9.17) is 0 Å². The fourth-order valence-corrected chi connectivity index (χ4v) is 2.48. The first kappa shape index (κ1) is 17.5. The fraction of sp³-hybridized carbons (Fsp3) is 0.647. The molecule has 2 amide bonds. The van der Waals surface area contributed by atoms with Crippen molar-refractivity contribution in [2.24, 2.45) is 0 Å². The van der Waals surface area contributed by atoms with Gasteiger partial charge in [-0.05, 0) is 44.3 Å². The number of carbonyl (C=O) groups is 2. The molecule has 0 saturated heterocycles. The summed E-state index contributed by atoms with van der Waals surface area (Å²) in [5.74, 6) is -0.118. The van der Waals surface area contributed by atoms with E-state index in [0.29, 0.717) is 0 Å². The van der Waals surface area contributed by atoms with Gasteiger partial charge in [0.1, 0.15) is 0 Å². The predicted molar refractivity (Wildman–Crippen MR) is 85.8 cm³/mol. The van der Waals surface area contributed by atoms with Crippen LogP contribution in [0.2, 0.25) is 0 Å². The number of nitrogens with one attached hydrogen (secondary N) is 2. The summed E-state index contributed by atoms with van der Waals surface area (Å²) in [7, 11) is 0. The van der Waals surface area contributed by atoms with Crippen LogP contribution in [-0.2, 0) is 9.59 Å². The Morgan fingerprint density at radius 3 is 1.71 bits per heavy atom. The van der Waals surface area contributed by atoms with Crippen molar-refractivity contribution in [2.45, 2.75) is 70.9 Å². The molecule has 0 heterocycles. The van der Waals surface area contributed by atoms with E-state index in [2.05, 4.69) is 24.5 Å². The normalized spacial score (nSPS) is 22.0. The Bertz CT molecular complexity index is 352. The van der Waals surface area contributed by atoms with Crippen LogP contribution >= 0.6 is 0 Å². The van der Waals surface area contributed by atoms with Crippen LogP contribution in [0.15, 0.2) is 24.3 Å². The van der Waals surface area contributed by atoms with Crippen molar-refractivity contribution in [3.05, 3.63) is 24.3 Å². The minimum atomic E-state index is -0.0591. The van der Waals surface area contributed by atoms with Crippen molar-refractivity contribution < 1.29 is 9.59 Å². The highest BCUT2D eigenvalue weighted by atomic mass is 16.2. The maximum absolute atomic E-state index is 11.8. The summed E-state index contributed by atoms with van der Waals surface area (Å²) in [4.78, 5) is 23.6. The molecule has 118 valence electrons. The molecule has 4 nitrogen and oxygen atoms in total. The molecule has 0 radical (unpaired) electrons. The summed E-state index contributed by atoms with van der Waals surface area (Å²) in [5.41, 5.74) is 0. The Morgan fingerprint density at radius 1 is 0.905 bits per heavy atom. The van der Waals surface area contributed by atoms with Crippen LogP contribution < -0.4 is 10.6 Å². The molecule has 1 saturated carbocycles. The first-order chi connectivity index (χ1) is 10.2. The third-order valence-corrected chi connectivity index (χ3v) is 3.62. The molecule has 0 bridgehead atoms. The van der Waals surface area contributed by atoms with Crippen molar-refractivity contribution in [1.82, 2.24) is 10.6 Å². The largest absolute Gasteiger partial charge is 0.348 e. The highest BCUT2D eigenvalue weighted by Crippen LogP contribution is 2.19. The van der Waals surface area contributed by atoms with Crippen LogP contribution in [0.25, 0.3) is 0 Å². The van der Waals surface area contributed by atoms with Crippen LogP contribution in [0.5, 0.6) is 0 Å². The smallest absolute Gasteiger partial charge is 0.243 e. The molecular weight excluding hydrogens is 264 g/mol. The minimum absolute atomic E-state index is 0.0484. The number of rotatable bonds is 8. The van der Waals surface area contributed by atoms with Gasteiger partial charge in [-0.3, -0.25) is 9.59 Å². The zero-order valence-corrected chi connectivity index (χ0v) is 13.2. The van der Waals surface area contributed by atoms with Crippen LogP contribution in [0, 0.1) is 0 Å². The van der Waals surface area contributed by atoms with Crippen molar-refractivity contribution in [3.63, 3.8) is 0 Å². The predicted octanol–water partition coefficient (Wildman–Crippen LogP) is 2.85. The maximum Gasteiger partial charge on any atom is 0.243 e. The average molecular weight is 292 g/mol. The Labute approximate surface area is 128 Å². The second-order valence-corrected chi connectivity index (χ2v) is 5.54. The lowest BCUT2D eigenvalue weighted by atomic mass is 10.1. The van der Waals surface area contributed by atoms with E-state index in [1.165, 1.54) is 0 Å². The molecule has 1 aliphatic rings. The Hall–Kier alpha value is -1.58. The highest BCUT2D eigenvalue weighted by molar-refractivity contribution is 5.89. The van der Waals surface area contributed by atoms with Crippen molar-refractivity contribution >= 4 is 11.8 Å². The summed E-state index contributed by atoms with van der Waals surface area (Å²) in [6.07, 6.45) is 13.8. The first-order valence-electron chi connectivity index (χ1n) is 8.11. The molecule has 1 fully saturated rings. The lowest BCUT2D eigenvalue weighted by Gasteiger charge is -2.21. The molecule has 2 atom stereocenters. The van der Waals surface area contributed by atoms with Gasteiger partial charge in [0.15, 0.2) is 0 Å². The van der Waals surface area contributed by atoms with Crippen LogP contribution in [0.1, 0.15) is 58.8 Å². The number of hydrogen-bond acceptors (Lipinski definition) is 2. The summed E-state index contributed by atoms with van der Waals surface area (Å²) in [6, 6.07) is 0.0969. The van der Waals surface area contributed by atoms with E-state index in [1.807, 2.05) is 12.2 Å². The maximum atomic E-state index is 11.8. The topological polar surface area (TPSA) is 58.2 Å². The third-order valence-electron chi connectivity index (χ3n) is 3.62. The number of amides is 2. The molecule has 1 rings (SSSR count). The molecule has 0 aromatic rings. The number of allylic oxidation sites excluding steroid dienone is 2. The van der Waals surface area contributed by atoms with Gasteiger partial charge in [0.05, 0.1) is 0 Å². The molecular formula is C17H28N2O2. The SMILES string of the molecule is CCCC=CC(=O)N[C@H]1CCC[C@H]1NC(=O)C=CCCC. The van der Waals surface area contributed by atoms with E-state index >= 15 is 0 Å². The lowest BCUT2D eigenvalue weighted by Crippen LogP contribution is -2.47.